The number of likely N-dealkylation sites (tertiary alicyclic amines) is 1. The van der Waals surface area contributed by atoms with Gasteiger partial charge in [0, 0.05) is 31.1 Å². The molecule has 2 aromatic carbocycles. The summed E-state index contributed by atoms with van der Waals surface area (Å²) >= 11 is 6.08. The van der Waals surface area contributed by atoms with Crippen molar-refractivity contribution in [2.45, 2.75) is 38.2 Å². The first kappa shape index (κ1) is 24.3. The van der Waals surface area contributed by atoms with Crippen molar-refractivity contribution in [3.63, 3.8) is 0 Å². The van der Waals surface area contributed by atoms with Gasteiger partial charge in [0.05, 0.1) is 23.2 Å². The van der Waals surface area contributed by atoms with Gasteiger partial charge in [0.1, 0.15) is 5.75 Å². The van der Waals surface area contributed by atoms with E-state index in [1.165, 1.54) is 10.4 Å². The third-order valence-electron chi connectivity index (χ3n) is 6.05. The molecule has 2 aliphatic heterocycles. The summed E-state index contributed by atoms with van der Waals surface area (Å²) in [5.74, 6) is -0.309. The number of anilines is 2. The van der Waals surface area contributed by atoms with Gasteiger partial charge in [0.15, 0.2) is 6.10 Å². The summed E-state index contributed by atoms with van der Waals surface area (Å²) < 4.78 is 31.8. The van der Waals surface area contributed by atoms with Gasteiger partial charge in [0.25, 0.3) is 11.8 Å². The minimum atomic E-state index is -3.61. The van der Waals surface area contributed by atoms with E-state index in [1.54, 1.807) is 36.4 Å². The normalized spacial score (nSPS) is 18.8. The molecule has 1 fully saturated rings. The topological polar surface area (TPSA) is 96.0 Å². The number of carbonyl (C=O) groups excluding carboxylic acids is 2. The largest absolute Gasteiger partial charge is 0.478 e. The van der Waals surface area contributed by atoms with Crippen LogP contribution in [-0.4, -0.2) is 57.1 Å². The zero-order valence-electron chi connectivity index (χ0n) is 19.0. The van der Waals surface area contributed by atoms with Gasteiger partial charge in [-0.1, -0.05) is 36.6 Å². The van der Waals surface area contributed by atoms with E-state index in [-0.39, 0.29) is 24.6 Å². The van der Waals surface area contributed by atoms with Crippen LogP contribution in [0.4, 0.5) is 11.4 Å². The quantitative estimate of drug-likeness (QED) is 0.679. The zero-order chi connectivity index (χ0) is 24.3. The summed E-state index contributed by atoms with van der Waals surface area (Å²) in [5.41, 5.74) is 1.13. The maximum absolute atomic E-state index is 13.2. The van der Waals surface area contributed by atoms with Crippen molar-refractivity contribution >= 4 is 44.8 Å². The van der Waals surface area contributed by atoms with E-state index in [0.717, 1.165) is 31.9 Å². The fourth-order valence-electron chi connectivity index (χ4n) is 4.32. The highest BCUT2D eigenvalue weighted by Gasteiger charge is 2.32. The number of nitrogens with zero attached hydrogens (tertiary/aromatic N) is 2. The molecule has 0 radical (unpaired) electrons. The van der Waals surface area contributed by atoms with Crippen LogP contribution in [0.2, 0.25) is 5.02 Å². The Bertz CT molecular complexity index is 1180. The Kier molecular flexibility index (Phi) is 7.33. The third kappa shape index (κ3) is 5.47. The number of rotatable bonds is 4. The van der Waals surface area contributed by atoms with E-state index in [1.807, 2.05) is 4.90 Å². The number of para-hydroxylation sites is 1. The van der Waals surface area contributed by atoms with Crippen LogP contribution in [0, 0.1) is 0 Å². The van der Waals surface area contributed by atoms with Crippen LogP contribution in [0.15, 0.2) is 42.5 Å². The van der Waals surface area contributed by atoms with Crippen LogP contribution in [0.1, 0.15) is 42.5 Å². The molecule has 10 heteroatoms. The first-order chi connectivity index (χ1) is 16.2. The van der Waals surface area contributed by atoms with Crippen LogP contribution >= 0.6 is 11.6 Å². The molecule has 2 heterocycles. The maximum atomic E-state index is 13.2. The highest BCUT2D eigenvalue weighted by Crippen LogP contribution is 2.36. The molecule has 0 aliphatic carbocycles. The van der Waals surface area contributed by atoms with E-state index in [2.05, 4.69) is 5.32 Å². The van der Waals surface area contributed by atoms with Crippen LogP contribution in [0.3, 0.4) is 0 Å². The fraction of sp³-hybridized carbons (Fsp3) is 0.417. The number of benzene rings is 2. The molecule has 0 spiro atoms. The first-order valence-electron chi connectivity index (χ1n) is 11.4. The lowest BCUT2D eigenvalue weighted by molar-refractivity contribution is -0.122. The minimum absolute atomic E-state index is 0.0542. The van der Waals surface area contributed by atoms with Crippen LogP contribution in [0.5, 0.6) is 5.75 Å². The molecule has 0 bridgehead atoms. The summed E-state index contributed by atoms with van der Waals surface area (Å²) in [4.78, 5) is 28.2. The molecule has 182 valence electrons. The monoisotopic (exact) mass is 505 g/mol. The number of nitrogens with one attached hydrogen (secondary N) is 1. The molecule has 2 aliphatic rings. The Hall–Kier alpha value is -2.78. The molecule has 1 saturated heterocycles. The van der Waals surface area contributed by atoms with Crippen molar-refractivity contribution in [2.24, 2.45) is 0 Å². The van der Waals surface area contributed by atoms with Crippen molar-refractivity contribution in [3.8, 4) is 5.75 Å². The van der Waals surface area contributed by atoms with Crippen molar-refractivity contribution in [1.82, 2.24) is 4.90 Å². The van der Waals surface area contributed by atoms with Gasteiger partial charge >= 0.3 is 0 Å². The number of carbonyl (C=O) groups is 2. The molecular weight excluding hydrogens is 478 g/mol. The highest BCUT2D eigenvalue weighted by molar-refractivity contribution is 7.92. The molecule has 1 unspecified atom stereocenters. The molecule has 2 amide bonds. The molecule has 1 N–H and O–H groups in total. The molecule has 4 rings (SSSR count). The summed E-state index contributed by atoms with van der Waals surface area (Å²) in [6.45, 7) is 1.46. The number of sulfonamides is 1. The Morgan fingerprint density at radius 3 is 2.44 bits per heavy atom. The molecule has 0 saturated carbocycles. The second kappa shape index (κ2) is 10.2. The summed E-state index contributed by atoms with van der Waals surface area (Å²) in [6.07, 6.45) is 4.44. The second-order valence-corrected chi connectivity index (χ2v) is 10.9. The van der Waals surface area contributed by atoms with Crippen molar-refractivity contribution in [1.29, 1.82) is 0 Å². The molecular formula is C24H28ClN3O5S. The first-order valence-corrected chi connectivity index (χ1v) is 13.6. The Labute approximate surface area is 204 Å². The predicted molar refractivity (Wildman–Crippen MR) is 132 cm³/mol. The van der Waals surface area contributed by atoms with Gasteiger partial charge in [-0.25, -0.2) is 8.42 Å². The van der Waals surface area contributed by atoms with E-state index < -0.39 is 22.0 Å². The minimum Gasteiger partial charge on any atom is -0.478 e. The average Bonchev–Trinajstić information content (AvgIpc) is 3.18. The summed E-state index contributed by atoms with van der Waals surface area (Å²) in [5, 5.41) is 3.19. The van der Waals surface area contributed by atoms with Crippen molar-refractivity contribution in [2.75, 3.05) is 35.5 Å². The highest BCUT2D eigenvalue weighted by atomic mass is 35.5. The lowest BCUT2D eigenvalue weighted by Gasteiger charge is -2.22. The zero-order valence-corrected chi connectivity index (χ0v) is 20.6. The Morgan fingerprint density at radius 2 is 1.74 bits per heavy atom. The summed E-state index contributed by atoms with van der Waals surface area (Å²) in [6, 6.07) is 11.6. The lowest BCUT2D eigenvalue weighted by atomic mass is 10.1. The fourth-order valence-corrected chi connectivity index (χ4v) is 5.42. The maximum Gasteiger partial charge on any atom is 0.265 e. The van der Waals surface area contributed by atoms with Gasteiger partial charge < -0.3 is 15.0 Å². The number of fused-ring (bicyclic) bond motifs is 1. The van der Waals surface area contributed by atoms with Gasteiger partial charge in [-0.15, -0.1) is 0 Å². The SMILES string of the molecule is CS(=O)(=O)N1CCC(C(=O)Nc2ccccc2C(=O)N2CCCCCC2)Oc2ccc(Cl)cc21. The predicted octanol–water partition coefficient (Wildman–Crippen LogP) is 3.91. The number of amides is 2. The second-order valence-electron chi connectivity index (χ2n) is 8.58. The van der Waals surface area contributed by atoms with Gasteiger partial charge in [-0.3, -0.25) is 13.9 Å². The Morgan fingerprint density at radius 1 is 1.03 bits per heavy atom. The van der Waals surface area contributed by atoms with Gasteiger partial charge in [-0.2, -0.15) is 0 Å². The number of ether oxygens (including phenoxy) is 1. The van der Waals surface area contributed by atoms with Crippen LogP contribution in [0.25, 0.3) is 0 Å². The number of hydrogen-bond acceptors (Lipinski definition) is 5. The van der Waals surface area contributed by atoms with E-state index in [9.17, 15) is 18.0 Å². The molecule has 8 nitrogen and oxygen atoms in total. The molecule has 34 heavy (non-hydrogen) atoms. The number of hydrogen-bond donors (Lipinski definition) is 1. The van der Waals surface area contributed by atoms with E-state index in [0.29, 0.717) is 35.1 Å². The third-order valence-corrected chi connectivity index (χ3v) is 7.47. The van der Waals surface area contributed by atoms with Crippen molar-refractivity contribution in [3.05, 3.63) is 53.1 Å². The molecule has 0 aromatic heterocycles. The molecule has 2 aromatic rings. The Balaban J connectivity index is 1.56. The average molecular weight is 506 g/mol. The van der Waals surface area contributed by atoms with Crippen LogP contribution < -0.4 is 14.4 Å². The number of halogens is 1. The van der Waals surface area contributed by atoms with E-state index >= 15 is 0 Å². The lowest BCUT2D eigenvalue weighted by Crippen LogP contribution is -2.37. The standard InChI is InChI=1S/C24H28ClN3O5S/c1-34(31,32)28-15-12-22(33-21-11-10-17(25)16-20(21)28)23(29)26-19-9-5-4-8-18(19)24(30)27-13-6-2-3-7-14-27/h4-5,8-11,16,22H,2-3,6-7,12-15H2,1H3,(H,26,29). The van der Waals surface area contributed by atoms with E-state index in [4.69, 9.17) is 16.3 Å². The van der Waals surface area contributed by atoms with Gasteiger partial charge in [0.2, 0.25) is 10.0 Å². The van der Waals surface area contributed by atoms with Crippen molar-refractivity contribution < 1.29 is 22.7 Å². The smallest absolute Gasteiger partial charge is 0.265 e. The molecule has 1 atom stereocenters. The van der Waals surface area contributed by atoms with Gasteiger partial charge in [-0.05, 0) is 43.2 Å². The summed E-state index contributed by atoms with van der Waals surface area (Å²) in [7, 11) is -3.61. The van der Waals surface area contributed by atoms with Crippen LogP contribution in [-0.2, 0) is 14.8 Å².